The second-order valence-corrected chi connectivity index (χ2v) is 5.28. The van der Waals surface area contributed by atoms with Crippen molar-refractivity contribution in [2.45, 2.75) is 4.90 Å². The molecule has 0 aliphatic rings. The maximum Gasteiger partial charge on any atom is 0.341 e. The molecule has 0 unspecified atom stereocenters. The van der Waals surface area contributed by atoms with E-state index in [9.17, 15) is 17.6 Å². The molecule has 8 heteroatoms. The van der Waals surface area contributed by atoms with Crippen molar-refractivity contribution in [1.82, 2.24) is 0 Å². The first-order chi connectivity index (χ1) is 7.30. The maximum atomic E-state index is 13.2. The lowest BCUT2D eigenvalue weighted by Gasteiger charge is -2.05. The summed E-state index contributed by atoms with van der Waals surface area (Å²) in [5, 5.41) is 8.29. The van der Waals surface area contributed by atoms with Crippen LogP contribution < -0.4 is 4.74 Å². The molecule has 0 aliphatic carbocycles. The Morgan fingerprint density at radius 1 is 1.50 bits per heavy atom. The van der Waals surface area contributed by atoms with E-state index in [0.717, 1.165) is 12.1 Å². The molecule has 0 heterocycles. The van der Waals surface area contributed by atoms with Crippen molar-refractivity contribution >= 4 is 25.7 Å². The van der Waals surface area contributed by atoms with Crippen LogP contribution in [0.5, 0.6) is 5.75 Å². The maximum absolute atomic E-state index is 13.2. The quantitative estimate of drug-likeness (QED) is 0.831. The van der Waals surface area contributed by atoms with E-state index in [-0.39, 0.29) is 5.75 Å². The summed E-state index contributed by atoms with van der Waals surface area (Å²) in [5.41, 5.74) is 0. The van der Waals surface area contributed by atoms with E-state index in [0.29, 0.717) is 6.07 Å². The summed E-state index contributed by atoms with van der Waals surface area (Å²) in [6, 6.07) is 2.66. The Balaban J connectivity index is 2.96. The molecule has 0 aromatic heterocycles. The molecule has 0 bridgehead atoms. The first-order valence-corrected chi connectivity index (χ1v) is 6.20. The molecule has 1 rings (SSSR count). The van der Waals surface area contributed by atoms with E-state index in [2.05, 4.69) is 4.74 Å². The molecular weight excluding hydrogens is 263 g/mol. The molecule has 0 spiro atoms. The highest BCUT2D eigenvalue weighted by atomic mass is 35.7. The third kappa shape index (κ3) is 3.35. The highest BCUT2D eigenvalue weighted by molar-refractivity contribution is 8.13. The number of ether oxygens (including phenoxy) is 1. The highest BCUT2D eigenvalue weighted by Gasteiger charge is 2.14. The van der Waals surface area contributed by atoms with Crippen LogP contribution in [-0.2, 0) is 13.8 Å². The van der Waals surface area contributed by atoms with E-state index in [1.807, 2.05) is 0 Å². The minimum absolute atomic E-state index is 0.355. The standard InChI is InChI=1S/C8H6ClFO5S/c9-16(13,14)5-1-2-7(6(10)3-5)15-4-8(11)12/h1-3H,4H2,(H,11,12). The molecular formula is C8H6ClFO5S. The summed E-state index contributed by atoms with van der Waals surface area (Å²) >= 11 is 0. The summed E-state index contributed by atoms with van der Waals surface area (Å²) < 4.78 is 39.4. The van der Waals surface area contributed by atoms with Crippen LogP contribution in [0.15, 0.2) is 23.1 Å². The summed E-state index contributed by atoms with van der Waals surface area (Å²) in [6.07, 6.45) is 0. The number of rotatable bonds is 4. The fourth-order valence-corrected chi connectivity index (χ4v) is 1.65. The summed E-state index contributed by atoms with van der Waals surface area (Å²) in [5.74, 6) is -2.62. The Bertz CT molecular complexity index is 513. The number of carboxylic acids is 1. The normalized spacial score (nSPS) is 11.1. The molecule has 1 aromatic carbocycles. The van der Waals surface area contributed by atoms with E-state index in [1.54, 1.807) is 0 Å². The van der Waals surface area contributed by atoms with Crippen molar-refractivity contribution < 1.29 is 27.4 Å². The van der Waals surface area contributed by atoms with Gasteiger partial charge in [0, 0.05) is 10.7 Å². The van der Waals surface area contributed by atoms with E-state index >= 15 is 0 Å². The van der Waals surface area contributed by atoms with Crippen molar-refractivity contribution in [3.05, 3.63) is 24.0 Å². The van der Waals surface area contributed by atoms with Crippen LogP contribution in [0.25, 0.3) is 0 Å². The fraction of sp³-hybridized carbons (Fsp3) is 0.125. The smallest absolute Gasteiger partial charge is 0.341 e. The monoisotopic (exact) mass is 268 g/mol. The van der Waals surface area contributed by atoms with Gasteiger partial charge in [0.25, 0.3) is 9.05 Å². The molecule has 16 heavy (non-hydrogen) atoms. The lowest BCUT2D eigenvalue weighted by atomic mass is 10.3. The topological polar surface area (TPSA) is 80.7 Å². The van der Waals surface area contributed by atoms with Gasteiger partial charge in [-0.2, -0.15) is 0 Å². The van der Waals surface area contributed by atoms with Gasteiger partial charge in [-0.1, -0.05) is 0 Å². The van der Waals surface area contributed by atoms with Gasteiger partial charge in [-0.3, -0.25) is 0 Å². The van der Waals surface area contributed by atoms with Gasteiger partial charge in [0.15, 0.2) is 18.2 Å². The number of halogens is 2. The van der Waals surface area contributed by atoms with Crippen LogP contribution in [-0.4, -0.2) is 26.1 Å². The first kappa shape index (κ1) is 12.7. The number of aliphatic carboxylic acids is 1. The Kier molecular flexibility index (Phi) is 3.71. The average Bonchev–Trinajstić information content (AvgIpc) is 2.14. The molecule has 1 N–H and O–H groups in total. The van der Waals surface area contributed by atoms with Crippen LogP contribution in [0.4, 0.5) is 4.39 Å². The Labute approximate surface area is 94.8 Å². The summed E-state index contributed by atoms with van der Waals surface area (Å²) in [7, 11) is 0.968. The number of hydrogen-bond acceptors (Lipinski definition) is 4. The second kappa shape index (κ2) is 4.67. The third-order valence-corrected chi connectivity index (χ3v) is 2.89. The van der Waals surface area contributed by atoms with Crippen molar-refractivity contribution in [2.24, 2.45) is 0 Å². The number of carbonyl (C=O) groups is 1. The Hall–Kier alpha value is -1.34. The predicted octanol–water partition coefficient (Wildman–Crippen LogP) is 1.22. The van der Waals surface area contributed by atoms with Crippen molar-refractivity contribution in [3.8, 4) is 5.75 Å². The zero-order valence-electron chi connectivity index (χ0n) is 7.68. The van der Waals surface area contributed by atoms with Crippen LogP contribution in [0.1, 0.15) is 0 Å². The fourth-order valence-electron chi connectivity index (χ4n) is 0.890. The van der Waals surface area contributed by atoms with Crippen molar-refractivity contribution in [3.63, 3.8) is 0 Å². The SMILES string of the molecule is O=C(O)COc1ccc(S(=O)(=O)Cl)cc1F. The van der Waals surface area contributed by atoms with Crippen molar-refractivity contribution in [2.75, 3.05) is 6.61 Å². The van der Waals surface area contributed by atoms with Gasteiger partial charge in [0.1, 0.15) is 0 Å². The lowest BCUT2D eigenvalue weighted by molar-refractivity contribution is -0.139. The number of carboxylic acid groups (broad SMARTS) is 1. The minimum Gasteiger partial charge on any atom is -0.479 e. The molecule has 0 saturated carbocycles. The molecule has 5 nitrogen and oxygen atoms in total. The number of hydrogen-bond donors (Lipinski definition) is 1. The lowest BCUT2D eigenvalue weighted by Crippen LogP contribution is -2.10. The van der Waals surface area contributed by atoms with E-state index in [4.69, 9.17) is 15.8 Å². The zero-order valence-corrected chi connectivity index (χ0v) is 9.26. The average molecular weight is 269 g/mol. The molecule has 0 radical (unpaired) electrons. The number of benzene rings is 1. The van der Waals surface area contributed by atoms with Gasteiger partial charge in [0.2, 0.25) is 0 Å². The predicted molar refractivity (Wildman–Crippen MR) is 52.6 cm³/mol. The largest absolute Gasteiger partial charge is 0.479 e. The Morgan fingerprint density at radius 2 is 2.12 bits per heavy atom. The molecule has 0 aliphatic heterocycles. The van der Waals surface area contributed by atoms with E-state index < -0.39 is 32.3 Å². The van der Waals surface area contributed by atoms with Gasteiger partial charge in [0.05, 0.1) is 4.90 Å². The first-order valence-electron chi connectivity index (χ1n) is 3.89. The van der Waals surface area contributed by atoms with Crippen LogP contribution in [0.3, 0.4) is 0 Å². The molecule has 0 amide bonds. The molecule has 88 valence electrons. The summed E-state index contributed by atoms with van der Waals surface area (Å²) in [6.45, 7) is -0.718. The van der Waals surface area contributed by atoms with E-state index in [1.165, 1.54) is 0 Å². The van der Waals surface area contributed by atoms with Gasteiger partial charge < -0.3 is 9.84 Å². The minimum atomic E-state index is -4.01. The molecule has 1 aromatic rings. The summed E-state index contributed by atoms with van der Waals surface area (Å²) in [4.78, 5) is 9.72. The zero-order chi connectivity index (χ0) is 12.3. The van der Waals surface area contributed by atoms with Gasteiger partial charge in [-0.15, -0.1) is 0 Å². The molecule has 0 fully saturated rings. The van der Waals surface area contributed by atoms with Crippen molar-refractivity contribution in [1.29, 1.82) is 0 Å². The van der Waals surface area contributed by atoms with Crippen LogP contribution >= 0.6 is 10.7 Å². The van der Waals surface area contributed by atoms with Gasteiger partial charge >= 0.3 is 5.97 Å². The Morgan fingerprint density at radius 3 is 2.56 bits per heavy atom. The van der Waals surface area contributed by atoms with Gasteiger partial charge in [-0.25, -0.2) is 17.6 Å². The second-order valence-electron chi connectivity index (χ2n) is 2.71. The third-order valence-electron chi connectivity index (χ3n) is 1.54. The van der Waals surface area contributed by atoms with Gasteiger partial charge in [-0.05, 0) is 18.2 Å². The highest BCUT2D eigenvalue weighted by Crippen LogP contribution is 2.23. The molecule has 0 atom stereocenters. The van der Waals surface area contributed by atoms with Crippen LogP contribution in [0, 0.1) is 5.82 Å². The van der Waals surface area contributed by atoms with Crippen LogP contribution in [0.2, 0.25) is 0 Å². The molecule has 0 saturated heterocycles.